The summed E-state index contributed by atoms with van der Waals surface area (Å²) in [6.45, 7) is 2.08. The minimum atomic E-state index is 0.146. The third-order valence-corrected chi connectivity index (χ3v) is 3.42. The number of rotatable bonds is 5. The maximum Gasteiger partial charge on any atom is 0.0975 e. The lowest BCUT2D eigenvalue weighted by Crippen LogP contribution is -1.98. The van der Waals surface area contributed by atoms with Crippen molar-refractivity contribution in [3.63, 3.8) is 0 Å². The van der Waals surface area contributed by atoms with Crippen molar-refractivity contribution in [2.75, 3.05) is 5.94 Å². The summed E-state index contributed by atoms with van der Waals surface area (Å²) < 4.78 is 5.79. The van der Waals surface area contributed by atoms with Crippen LogP contribution in [0, 0.1) is 0 Å². The maximum atomic E-state index is 5.79. The van der Waals surface area contributed by atoms with Gasteiger partial charge in [-0.15, -0.1) is 0 Å². The summed E-state index contributed by atoms with van der Waals surface area (Å²) in [4.78, 5) is 1.24. The first-order valence-corrected chi connectivity index (χ1v) is 6.69. The predicted molar refractivity (Wildman–Crippen MR) is 73.1 cm³/mol. The molecule has 0 saturated heterocycles. The van der Waals surface area contributed by atoms with Gasteiger partial charge in [0.1, 0.15) is 0 Å². The zero-order valence-corrected chi connectivity index (χ0v) is 10.7. The SMILES string of the molecule is CC(OCSc1ccccc1)c1ccccc1. The highest BCUT2D eigenvalue weighted by Gasteiger charge is 2.04. The van der Waals surface area contributed by atoms with Gasteiger partial charge in [-0.2, -0.15) is 0 Å². The molecule has 0 radical (unpaired) electrons. The molecule has 2 aromatic carbocycles. The summed E-state index contributed by atoms with van der Waals surface area (Å²) in [5.41, 5.74) is 1.22. The summed E-state index contributed by atoms with van der Waals surface area (Å²) in [5, 5.41) is 0. The van der Waals surface area contributed by atoms with Crippen LogP contribution in [0.2, 0.25) is 0 Å². The molecule has 0 aliphatic carbocycles. The van der Waals surface area contributed by atoms with Gasteiger partial charge in [-0.1, -0.05) is 60.3 Å². The van der Waals surface area contributed by atoms with E-state index < -0.39 is 0 Å². The minimum Gasteiger partial charge on any atom is -0.363 e. The number of hydrogen-bond donors (Lipinski definition) is 0. The third-order valence-electron chi connectivity index (χ3n) is 2.56. The zero-order chi connectivity index (χ0) is 11.9. The Hall–Kier alpha value is -1.25. The Morgan fingerprint density at radius 2 is 1.53 bits per heavy atom. The van der Waals surface area contributed by atoms with Gasteiger partial charge in [-0.25, -0.2) is 0 Å². The smallest absolute Gasteiger partial charge is 0.0975 e. The number of thioether (sulfide) groups is 1. The Kier molecular flexibility index (Phi) is 4.65. The van der Waals surface area contributed by atoms with Gasteiger partial charge in [0, 0.05) is 4.90 Å². The fourth-order valence-electron chi connectivity index (χ4n) is 1.54. The van der Waals surface area contributed by atoms with Gasteiger partial charge >= 0.3 is 0 Å². The molecular weight excluding hydrogens is 228 g/mol. The molecule has 0 spiro atoms. The molecule has 88 valence electrons. The Bertz CT molecular complexity index is 427. The third kappa shape index (κ3) is 3.91. The first kappa shape index (κ1) is 12.2. The average Bonchev–Trinajstić information content (AvgIpc) is 2.41. The van der Waals surface area contributed by atoms with E-state index in [1.54, 1.807) is 11.8 Å². The van der Waals surface area contributed by atoms with Crippen LogP contribution in [0.25, 0.3) is 0 Å². The molecular formula is C15H16OS. The molecule has 0 N–H and O–H groups in total. The average molecular weight is 244 g/mol. The van der Waals surface area contributed by atoms with Crippen LogP contribution in [-0.2, 0) is 4.74 Å². The quantitative estimate of drug-likeness (QED) is 0.565. The maximum absolute atomic E-state index is 5.79. The van der Waals surface area contributed by atoms with Crippen molar-refractivity contribution < 1.29 is 4.74 Å². The lowest BCUT2D eigenvalue weighted by atomic mass is 10.1. The molecule has 2 aromatic rings. The number of ether oxygens (including phenoxy) is 1. The molecule has 2 rings (SSSR count). The van der Waals surface area contributed by atoms with Crippen molar-refractivity contribution in [2.24, 2.45) is 0 Å². The van der Waals surface area contributed by atoms with Crippen molar-refractivity contribution in [1.29, 1.82) is 0 Å². The van der Waals surface area contributed by atoms with E-state index in [2.05, 4.69) is 31.2 Å². The summed E-state index contributed by atoms with van der Waals surface area (Å²) in [7, 11) is 0. The summed E-state index contributed by atoms with van der Waals surface area (Å²) in [6, 6.07) is 20.6. The normalized spacial score (nSPS) is 12.3. The van der Waals surface area contributed by atoms with Crippen molar-refractivity contribution in [3.05, 3.63) is 66.2 Å². The van der Waals surface area contributed by atoms with Gasteiger partial charge in [-0.3, -0.25) is 0 Å². The molecule has 0 aromatic heterocycles. The van der Waals surface area contributed by atoms with Gasteiger partial charge in [0.2, 0.25) is 0 Å². The molecule has 0 amide bonds. The van der Waals surface area contributed by atoms with Crippen LogP contribution in [-0.4, -0.2) is 5.94 Å². The summed E-state index contributed by atoms with van der Waals surface area (Å²) >= 11 is 1.72. The highest BCUT2D eigenvalue weighted by Crippen LogP contribution is 2.22. The van der Waals surface area contributed by atoms with E-state index in [1.807, 2.05) is 36.4 Å². The van der Waals surface area contributed by atoms with Crippen LogP contribution >= 0.6 is 11.8 Å². The summed E-state index contributed by atoms with van der Waals surface area (Å²) in [5.74, 6) is 0.681. The largest absolute Gasteiger partial charge is 0.363 e. The number of hydrogen-bond acceptors (Lipinski definition) is 2. The molecule has 17 heavy (non-hydrogen) atoms. The Morgan fingerprint density at radius 1 is 0.941 bits per heavy atom. The van der Waals surface area contributed by atoms with Crippen molar-refractivity contribution in [2.45, 2.75) is 17.9 Å². The van der Waals surface area contributed by atoms with E-state index in [1.165, 1.54) is 10.5 Å². The minimum absolute atomic E-state index is 0.146. The predicted octanol–water partition coefficient (Wildman–Crippen LogP) is 4.51. The molecule has 0 saturated carbocycles. The lowest BCUT2D eigenvalue weighted by Gasteiger charge is -2.12. The molecule has 1 unspecified atom stereocenters. The summed E-state index contributed by atoms with van der Waals surface area (Å²) in [6.07, 6.45) is 0.146. The van der Waals surface area contributed by atoms with E-state index in [9.17, 15) is 0 Å². The molecule has 0 aliphatic rings. The van der Waals surface area contributed by atoms with Crippen LogP contribution in [0.15, 0.2) is 65.6 Å². The van der Waals surface area contributed by atoms with E-state index in [4.69, 9.17) is 4.74 Å². The Labute approximate surface area is 107 Å². The highest BCUT2D eigenvalue weighted by molar-refractivity contribution is 7.99. The fourth-order valence-corrected chi connectivity index (χ4v) is 2.30. The first-order valence-electron chi connectivity index (χ1n) is 5.70. The fraction of sp³-hybridized carbons (Fsp3) is 0.200. The van der Waals surface area contributed by atoms with Gasteiger partial charge < -0.3 is 4.74 Å². The van der Waals surface area contributed by atoms with Crippen LogP contribution in [0.4, 0.5) is 0 Å². The van der Waals surface area contributed by atoms with Gasteiger partial charge in [-0.05, 0) is 24.6 Å². The highest BCUT2D eigenvalue weighted by atomic mass is 32.2. The number of benzene rings is 2. The van der Waals surface area contributed by atoms with Crippen LogP contribution < -0.4 is 0 Å². The second-order valence-corrected chi connectivity index (χ2v) is 4.79. The molecule has 0 aliphatic heterocycles. The van der Waals surface area contributed by atoms with Crippen LogP contribution in [0.1, 0.15) is 18.6 Å². The van der Waals surface area contributed by atoms with Crippen molar-refractivity contribution in [3.8, 4) is 0 Å². The molecule has 1 nitrogen and oxygen atoms in total. The van der Waals surface area contributed by atoms with Crippen molar-refractivity contribution >= 4 is 11.8 Å². The monoisotopic (exact) mass is 244 g/mol. The molecule has 2 heteroatoms. The van der Waals surface area contributed by atoms with E-state index >= 15 is 0 Å². The van der Waals surface area contributed by atoms with E-state index in [0.29, 0.717) is 5.94 Å². The Balaban J connectivity index is 1.79. The van der Waals surface area contributed by atoms with Gasteiger partial charge in [0.15, 0.2) is 0 Å². The zero-order valence-electron chi connectivity index (χ0n) is 9.87. The Morgan fingerprint density at radius 3 is 2.18 bits per heavy atom. The van der Waals surface area contributed by atoms with E-state index in [-0.39, 0.29) is 6.10 Å². The first-order chi connectivity index (χ1) is 8.36. The van der Waals surface area contributed by atoms with Gasteiger partial charge in [0.25, 0.3) is 0 Å². The van der Waals surface area contributed by atoms with Crippen molar-refractivity contribution in [1.82, 2.24) is 0 Å². The van der Waals surface area contributed by atoms with Crippen LogP contribution in [0.5, 0.6) is 0 Å². The van der Waals surface area contributed by atoms with Crippen LogP contribution in [0.3, 0.4) is 0 Å². The molecule has 0 heterocycles. The van der Waals surface area contributed by atoms with Gasteiger partial charge in [0.05, 0.1) is 12.0 Å². The standard InChI is InChI=1S/C15H16OS/c1-13(14-8-4-2-5-9-14)16-12-17-15-10-6-3-7-11-15/h2-11,13H,12H2,1H3. The topological polar surface area (TPSA) is 9.23 Å². The second kappa shape index (κ2) is 6.48. The molecule has 0 fully saturated rings. The lowest BCUT2D eigenvalue weighted by molar-refractivity contribution is 0.106. The second-order valence-electron chi connectivity index (χ2n) is 3.79. The molecule has 1 atom stereocenters. The van der Waals surface area contributed by atoms with E-state index in [0.717, 1.165) is 0 Å². The molecule has 0 bridgehead atoms.